The molecule has 1 aliphatic rings. The number of rotatable bonds is 5. The normalized spacial score (nSPS) is 20.2. The van der Waals surface area contributed by atoms with E-state index in [2.05, 4.69) is 34.0 Å². The minimum atomic E-state index is 0.594. The molecule has 0 aliphatic carbocycles. The van der Waals surface area contributed by atoms with Crippen LogP contribution in [-0.2, 0) is 6.42 Å². The van der Waals surface area contributed by atoms with Crippen molar-refractivity contribution in [1.29, 1.82) is 0 Å². The van der Waals surface area contributed by atoms with Crippen molar-refractivity contribution in [2.75, 3.05) is 37.2 Å². The van der Waals surface area contributed by atoms with E-state index in [0.717, 1.165) is 30.9 Å². The first-order valence-corrected chi connectivity index (χ1v) is 6.80. The highest BCUT2D eigenvalue weighted by molar-refractivity contribution is 5.54. The van der Waals surface area contributed by atoms with Crippen molar-refractivity contribution in [3.05, 3.63) is 11.9 Å². The summed E-state index contributed by atoms with van der Waals surface area (Å²) in [6, 6.07) is 0. The Balaban J connectivity index is 1.92. The van der Waals surface area contributed by atoms with Crippen LogP contribution in [0.2, 0.25) is 0 Å². The highest BCUT2D eigenvalue weighted by Crippen LogP contribution is 2.20. The molecule has 0 aromatic carbocycles. The summed E-state index contributed by atoms with van der Waals surface area (Å²) in [6.45, 7) is 8.82. The van der Waals surface area contributed by atoms with Crippen molar-refractivity contribution in [2.24, 2.45) is 5.92 Å². The molecule has 0 amide bonds. The predicted octanol–water partition coefficient (Wildman–Crippen LogP) is 1.37. The van der Waals surface area contributed by atoms with Crippen LogP contribution in [0.3, 0.4) is 0 Å². The zero-order valence-corrected chi connectivity index (χ0v) is 11.3. The molecule has 1 atom stereocenters. The van der Waals surface area contributed by atoms with Crippen LogP contribution in [-0.4, -0.2) is 41.0 Å². The van der Waals surface area contributed by atoms with Gasteiger partial charge in [0.2, 0.25) is 0 Å². The number of nitrogen functional groups attached to an aromatic ring is 1. The summed E-state index contributed by atoms with van der Waals surface area (Å²) in [7, 11) is 0. The zero-order chi connectivity index (χ0) is 13.0. The molecule has 0 saturated carbocycles. The molecule has 1 saturated heterocycles. The molecule has 1 aromatic heterocycles. The van der Waals surface area contributed by atoms with E-state index in [1.54, 1.807) is 0 Å². The second kappa shape index (κ2) is 6.00. The number of nitrogens with one attached hydrogen (secondary N) is 1. The van der Waals surface area contributed by atoms with Crippen molar-refractivity contribution in [1.82, 2.24) is 14.9 Å². The highest BCUT2D eigenvalue weighted by Gasteiger charge is 2.21. The van der Waals surface area contributed by atoms with E-state index in [4.69, 9.17) is 5.73 Å². The lowest BCUT2D eigenvalue weighted by molar-refractivity contribution is 0.345. The molecule has 1 aromatic rings. The second-order valence-electron chi connectivity index (χ2n) is 4.87. The van der Waals surface area contributed by atoms with Gasteiger partial charge in [-0.25, -0.2) is 9.97 Å². The molecule has 5 nitrogen and oxygen atoms in total. The molecule has 0 radical (unpaired) electrons. The fraction of sp³-hybridized carbons (Fsp3) is 0.692. The van der Waals surface area contributed by atoms with Crippen molar-refractivity contribution < 1.29 is 0 Å². The van der Waals surface area contributed by atoms with Crippen LogP contribution >= 0.6 is 0 Å². The summed E-state index contributed by atoms with van der Waals surface area (Å²) in [6.07, 6.45) is 3.66. The molecule has 1 aliphatic heterocycles. The summed E-state index contributed by atoms with van der Waals surface area (Å²) >= 11 is 0. The average molecular weight is 249 g/mol. The van der Waals surface area contributed by atoms with Gasteiger partial charge in [0.25, 0.3) is 0 Å². The van der Waals surface area contributed by atoms with Gasteiger partial charge in [0.1, 0.15) is 18.0 Å². The second-order valence-corrected chi connectivity index (χ2v) is 4.87. The Kier molecular flexibility index (Phi) is 4.36. The summed E-state index contributed by atoms with van der Waals surface area (Å²) < 4.78 is 0. The fourth-order valence-corrected chi connectivity index (χ4v) is 2.53. The molecule has 3 N–H and O–H groups in total. The molecule has 5 heteroatoms. The zero-order valence-electron chi connectivity index (χ0n) is 11.3. The van der Waals surface area contributed by atoms with E-state index in [9.17, 15) is 0 Å². The molecule has 18 heavy (non-hydrogen) atoms. The first-order valence-electron chi connectivity index (χ1n) is 6.80. The molecule has 2 rings (SSSR count). The van der Waals surface area contributed by atoms with Gasteiger partial charge in [-0.1, -0.05) is 13.8 Å². The van der Waals surface area contributed by atoms with Gasteiger partial charge in [0, 0.05) is 18.7 Å². The minimum Gasteiger partial charge on any atom is -0.383 e. The third-order valence-corrected chi connectivity index (χ3v) is 3.71. The standard InChI is InChI=1S/C13H23N5/c1-3-11-12(14)16-9-17-13(11)15-7-10-5-6-18(4-2)8-10/h9-10H,3-8H2,1-2H3,(H3,14,15,16,17). The number of aromatic nitrogens is 2. The van der Waals surface area contributed by atoms with Crippen LogP contribution in [0.25, 0.3) is 0 Å². The maximum absolute atomic E-state index is 5.86. The quantitative estimate of drug-likeness (QED) is 0.825. The van der Waals surface area contributed by atoms with Crippen LogP contribution in [0.4, 0.5) is 11.6 Å². The van der Waals surface area contributed by atoms with Crippen molar-refractivity contribution in [3.8, 4) is 0 Å². The molecule has 0 bridgehead atoms. The third kappa shape index (κ3) is 2.90. The molecule has 100 valence electrons. The Labute approximate surface area is 109 Å². The SMILES string of the molecule is CCc1c(N)ncnc1NCC1CCN(CC)C1. The number of hydrogen-bond acceptors (Lipinski definition) is 5. The van der Waals surface area contributed by atoms with Gasteiger partial charge in [-0.15, -0.1) is 0 Å². The first kappa shape index (κ1) is 13.1. The number of nitrogens with zero attached hydrogens (tertiary/aromatic N) is 3. The Hall–Kier alpha value is -1.36. The highest BCUT2D eigenvalue weighted by atomic mass is 15.1. The van der Waals surface area contributed by atoms with Gasteiger partial charge in [0.15, 0.2) is 0 Å². The van der Waals surface area contributed by atoms with Crippen molar-refractivity contribution in [3.63, 3.8) is 0 Å². The summed E-state index contributed by atoms with van der Waals surface area (Å²) in [5.74, 6) is 2.21. The Morgan fingerprint density at radius 2 is 2.28 bits per heavy atom. The summed E-state index contributed by atoms with van der Waals surface area (Å²) in [5.41, 5.74) is 6.89. The number of nitrogens with two attached hydrogens (primary N) is 1. The van der Waals surface area contributed by atoms with E-state index >= 15 is 0 Å². The number of hydrogen-bond donors (Lipinski definition) is 2. The Bertz CT molecular complexity index is 393. The summed E-state index contributed by atoms with van der Waals surface area (Å²) in [5, 5.41) is 3.43. The van der Waals surface area contributed by atoms with Crippen LogP contribution in [0.1, 0.15) is 25.8 Å². The Morgan fingerprint density at radius 3 is 2.94 bits per heavy atom. The lowest BCUT2D eigenvalue weighted by atomic mass is 10.1. The molecular weight excluding hydrogens is 226 g/mol. The predicted molar refractivity (Wildman–Crippen MR) is 74.5 cm³/mol. The molecule has 1 unspecified atom stereocenters. The molecule has 0 spiro atoms. The van der Waals surface area contributed by atoms with Gasteiger partial charge in [-0.3, -0.25) is 0 Å². The summed E-state index contributed by atoms with van der Waals surface area (Å²) in [4.78, 5) is 10.8. The van der Waals surface area contributed by atoms with Gasteiger partial charge in [-0.05, 0) is 31.8 Å². The van der Waals surface area contributed by atoms with E-state index in [1.807, 2.05) is 0 Å². The van der Waals surface area contributed by atoms with Crippen LogP contribution in [0, 0.1) is 5.92 Å². The average Bonchev–Trinajstić information content (AvgIpc) is 2.84. The number of anilines is 2. The van der Waals surface area contributed by atoms with E-state index in [0.29, 0.717) is 11.7 Å². The lowest BCUT2D eigenvalue weighted by Gasteiger charge is -2.15. The first-order chi connectivity index (χ1) is 8.74. The topological polar surface area (TPSA) is 67.1 Å². The van der Waals surface area contributed by atoms with Crippen molar-refractivity contribution >= 4 is 11.6 Å². The fourth-order valence-electron chi connectivity index (χ4n) is 2.53. The van der Waals surface area contributed by atoms with E-state index < -0.39 is 0 Å². The van der Waals surface area contributed by atoms with Crippen LogP contribution in [0.5, 0.6) is 0 Å². The van der Waals surface area contributed by atoms with Gasteiger partial charge in [0.05, 0.1) is 0 Å². The van der Waals surface area contributed by atoms with Gasteiger partial charge < -0.3 is 16.0 Å². The van der Waals surface area contributed by atoms with Crippen LogP contribution in [0.15, 0.2) is 6.33 Å². The van der Waals surface area contributed by atoms with Gasteiger partial charge >= 0.3 is 0 Å². The maximum Gasteiger partial charge on any atom is 0.134 e. The molecule has 2 heterocycles. The molecular formula is C13H23N5. The third-order valence-electron chi connectivity index (χ3n) is 3.71. The minimum absolute atomic E-state index is 0.594. The van der Waals surface area contributed by atoms with Crippen LogP contribution < -0.4 is 11.1 Å². The maximum atomic E-state index is 5.86. The Morgan fingerprint density at radius 1 is 1.44 bits per heavy atom. The molecule has 1 fully saturated rings. The van der Waals surface area contributed by atoms with Crippen molar-refractivity contribution in [2.45, 2.75) is 26.7 Å². The largest absolute Gasteiger partial charge is 0.383 e. The number of likely N-dealkylation sites (tertiary alicyclic amines) is 1. The van der Waals surface area contributed by atoms with E-state index in [-0.39, 0.29) is 0 Å². The van der Waals surface area contributed by atoms with E-state index in [1.165, 1.54) is 25.8 Å². The lowest BCUT2D eigenvalue weighted by Crippen LogP contribution is -2.23. The smallest absolute Gasteiger partial charge is 0.134 e. The monoisotopic (exact) mass is 249 g/mol. The van der Waals surface area contributed by atoms with Gasteiger partial charge in [-0.2, -0.15) is 0 Å².